The van der Waals surface area contributed by atoms with Gasteiger partial charge in [0.15, 0.2) is 0 Å². The molecule has 0 aliphatic rings. The Morgan fingerprint density at radius 2 is 1.78 bits per heavy atom. The Balaban J connectivity index is 2.60. The number of hydrogen-bond donors (Lipinski definition) is 2. The van der Waals surface area contributed by atoms with Crippen LogP contribution in [0.15, 0.2) is 29.2 Å². The summed E-state index contributed by atoms with van der Waals surface area (Å²) in [5, 5.41) is 10.6. The number of carboxylic acids is 1. The molecule has 4 nitrogen and oxygen atoms in total. The van der Waals surface area contributed by atoms with E-state index in [1.54, 1.807) is 0 Å². The van der Waals surface area contributed by atoms with Gasteiger partial charge in [-0.05, 0) is 36.0 Å². The maximum Gasteiger partial charge on any atom is 0.446 e. The van der Waals surface area contributed by atoms with Crippen molar-refractivity contribution in [2.45, 2.75) is 16.8 Å². The predicted octanol–water partition coefficient (Wildman–Crippen LogP) is 2.71. The molecule has 0 heterocycles. The summed E-state index contributed by atoms with van der Waals surface area (Å²) in [5.74, 6) is -2.02. The molecule has 0 atom stereocenters. The largest absolute Gasteiger partial charge is 0.481 e. The smallest absolute Gasteiger partial charge is 0.446 e. The molecule has 0 radical (unpaired) electrons. The van der Waals surface area contributed by atoms with Crippen LogP contribution in [0.3, 0.4) is 0 Å². The number of carbonyl (C=O) groups excluding carboxylic acids is 1. The minimum Gasteiger partial charge on any atom is -0.481 e. The fourth-order valence-electron chi connectivity index (χ4n) is 1.08. The minimum absolute atomic E-state index is 0.0151. The molecule has 1 rings (SSSR count). The Kier molecular flexibility index (Phi) is 4.60. The van der Waals surface area contributed by atoms with Crippen molar-refractivity contribution in [3.63, 3.8) is 0 Å². The van der Waals surface area contributed by atoms with E-state index in [0.29, 0.717) is 0 Å². The second-order valence-corrected chi connectivity index (χ2v) is 4.33. The van der Waals surface area contributed by atoms with E-state index in [0.717, 1.165) is 0 Å². The van der Waals surface area contributed by atoms with Crippen LogP contribution in [0, 0.1) is 0 Å². The summed E-state index contributed by atoms with van der Waals surface area (Å²) in [6.45, 7) is 0. The third kappa shape index (κ3) is 5.58. The second-order valence-electron chi connectivity index (χ2n) is 3.19. The highest BCUT2D eigenvalue weighted by Crippen LogP contribution is 2.36. The van der Waals surface area contributed by atoms with Crippen molar-refractivity contribution in [2.24, 2.45) is 0 Å². The molecule has 0 bridgehead atoms. The molecule has 0 saturated heterocycles. The lowest BCUT2D eigenvalue weighted by Crippen LogP contribution is -2.15. The maximum absolute atomic E-state index is 12.0. The molecule has 18 heavy (non-hydrogen) atoms. The number of carboxylic acid groups (broad SMARTS) is 1. The molecule has 0 aliphatic heterocycles. The summed E-state index contributed by atoms with van der Waals surface area (Å²) >= 11 is -0.268. The van der Waals surface area contributed by atoms with Gasteiger partial charge in [-0.1, -0.05) is 0 Å². The number of benzene rings is 1. The zero-order valence-electron chi connectivity index (χ0n) is 8.82. The third-order valence-electron chi connectivity index (χ3n) is 1.68. The van der Waals surface area contributed by atoms with Gasteiger partial charge in [0.2, 0.25) is 5.91 Å². The molecule has 2 N–H and O–H groups in total. The summed E-state index contributed by atoms with van der Waals surface area (Å²) < 4.78 is 36.1. The number of anilines is 1. The Hall–Kier alpha value is -1.70. The maximum atomic E-state index is 12.0. The van der Waals surface area contributed by atoms with E-state index >= 15 is 0 Å². The molecule has 98 valence electrons. The molecule has 8 heteroatoms. The van der Waals surface area contributed by atoms with Gasteiger partial charge in [0.05, 0.1) is 0 Å². The molecule has 0 aliphatic carbocycles. The summed E-state index contributed by atoms with van der Waals surface area (Å²) in [4.78, 5) is 21.3. The Morgan fingerprint density at radius 1 is 1.22 bits per heavy atom. The zero-order valence-corrected chi connectivity index (χ0v) is 9.64. The summed E-state index contributed by atoms with van der Waals surface area (Å²) in [7, 11) is 0. The lowest BCUT2D eigenvalue weighted by Gasteiger charge is -2.07. The van der Waals surface area contributed by atoms with Crippen LogP contribution in [-0.4, -0.2) is 22.5 Å². The number of aliphatic carboxylic acids is 1. The van der Waals surface area contributed by atoms with Gasteiger partial charge in [-0.2, -0.15) is 13.2 Å². The van der Waals surface area contributed by atoms with Gasteiger partial charge < -0.3 is 10.4 Å². The number of carbonyl (C=O) groups is 2. The Morgan fingerprint density at radius 3 is 2.22 bits per heavy atom. The molecule has 1 amide bonds. The number of hydrogen-bond acceptors (Lipinski definition) is 3. The standard InChI is InChI=1S/C10H8F3NO3S/c11-10(12,13)18-7-3-1-6(2-4-7)14-8(15)5-9(16)17/h1-4H,5H2,(H,14,15)(H,16,17). The van der Waals surface area contributed by atoms with Crippen LogP contribution in [0.25, 0.3) is 0 Å². The van der Waals surface area contributed by atoms with Crippen LogP contribution in [-0.2, 0) is 9.59 Å². The molecule has 0 spiro atoms. The number of alkyl halides is 3. The predicted molar refractivity (Wildman–Crippen MR) is 59.2 cm³/mol. The van der Waals surface area contributed by atoms with Crippen LogP contribution in [0.2, 0.25) is 0 Å². The average Bonchev–Trinajstić information content (AvgIpc) is 2.17. The fraction of sp³-hybridized carbons (Fsp3) is 0.200. The summed E-state index contributed by atoms with van der Waals surface area (Å²) in [6.07, 6.45) is -0.695. The van der Waals surface area contributed by atoms with E-state index in [-0.39, 0.29) is 22.3 Å². The normalized spacial score (nSPS) is 11.1. The zero-order chi connectivity index (χ0) is 13.8. The van der Waals surface area contributed by atoms with Crippen LogP contribution in [0.5, 0.6) is 0 Å². The van der Waals surface area contributed by atoms with Crippen molar-refractivity contribution in [2.75, 3.05) is 5.32 Å². The van der Waals surface area contributed by atoms with Crippen molar-refractivity contribution < 1.29 is 27.9 Å². The van der Waals surface area contributed by atoms with Gasteiger partial charge in [0.1, 0.15) is 6.42 Å². The number of amides is 1. The first kappa shape index (κ1) is 14.4. The van der Waals surface area contributed by atoms with E-state index < -0.39 is 23.8 Å². The highest BCUT2D eigenvalue weighted by molar-refractivity contribution is 8.00. The number of rotatable bonds is 4. The summed E-state index contributed by atoms with van der Waals surface area (Å²) in [5.41, 5.74) is -4.12. The van der Waals surface area contributed by atoms with Gasteiger partial charge >= 0.3 is 11.5 Å². The lowest BCUT2D eigenvalue weighted by molar-refractivity contribution is -0.139. The van der Waals surface area contributed by atoms with E-state index in [4.69, 9.17) is 5.11 Å². The number of thioether (sulfide) groups is 1. The van der Waals surface area contributed by atoms with Gasteiger partial charge in [0.25, 0.3) is 0 Å². The third-order valence-corrected chi connectivity index (χ3v) is 2.42. The van der Waals surface area contributed by atoms with E-state index in [1.807, 2.05) is 0 Å². The molecular weight excluding hydrogens is 271 g/mol. The van der Waals surface area contributed by atoms with E-state index in [1.165, 1.54) is 24.3 Å². The van der Waals surface area contributed by atoms with Crippen LogP contribution in [0.4, 0.5) is 18.9 Å². The number of halogens is 3. The molecule has 0 aromatic heterocycles. The highest BCUT2D eigenvalue weighted by atomic mass is 32.2. The Labute approximate surface area is 104 Å². The first-order valence-corrected chi connectivity index (χ1v) is 5.45. The lowest BCUT2D eigenvalue weighted by atomic mass is 10.3. The van der Waals surface area contributed by atoms with Gasteiger partial charge in [-0.15, -0.1) is 0 Å². The Bertz CT molecular complexity index is 445. The van der Waals surface area contributed by atoms with Crippen LogP contribution < -0.4 is 5.32 Å². The molecule has 1 aromatic carbocycles. The fourth-order valence-corrected chi connectivity index (χ4v) is 1.62. The molecule has 0 fully saturated rings. The quantitative estimate of drug-likeness (QED) is 0.657. The highest BCUT2D eigenvalue weighted by Gasteiger charge is 2.28. The van der Waals surface area contributed by atoms with E-state index in [9.17, 15) is 22.8 Å². The topological polar surface area (TPSA) is 66.4 Å². The van der Waals surface area contributed by atoms with Crippen LogP contribution >= 0.6 is 11.8 Å². The van der Waals surface area contributed by atoms with Gasteiger partial charge in [-0.25, -0.2) is 0 Å². The van der Waals surface area contributed by atoms with Crippen molar-refractivity contribution in [3.8, 4) is 0 Å². The molecule has 0 unspecified atom stereocenters. The van der Waals surface area contributed by atoms with Crippen molar-refractivity contribution in [3.05, 3.63) is 24.3 Å². The average molecular weight is 279 g/mol. The first-order chi connectivity index (χ1) is 8.26. The van der Waals surface area contributed by atoms with Gasteiger partial charge in [-0.3, -0.25) is 9.59 Å². The first-order valence-electron chi connectivity index (χ1n) is 4.64. The number of nitrogens with one attached hydrogen (secondary N) is 1. The second kappa shape index (κ2) is 5.76. The summed E-state index contributed by atoms with van der Waals surface area (Å²) in [6, 6.07) is 4.92. The van der Waals surface area contributed by atoms with Crippen molar-refractivity contribution >= 4 is 29.3 Å². The molecule has 1 aromatic rings. The monoisotopic (exact) mass is 279 g/mol. The molecule has 0 saturated carbocycles. The van der Waals surface area contributed by atoms with E-state index in [2.05, 4.69) is 5.32 Å². The van der Waals surface area contributed by atoms with Crippen LogP contribution in [0.1, 0.15) is 6.42 Å². The molecular formula is C10H8F3NO3S. The van der Waals surface area contributed by atoms with Gasteiger partial charge in [0, 0.05) is 10.6 Å². The SMILES string of the molecule is O=C(O)CC(=O)Nc1ccc(SC(F)(F)F)cc1. The van der Waals surface area contributed by atoms with Crippen molar-refractivity contribution in [1.29, 1.82) is 0 Å². The minimum atomic E-state index is -4.37. The van der Waals surface area contributed by atoms with Crippen molar-refractivity contribution in [1.82, 2.24) is 0 Å².